The van der Waals surface area contributed by atoms with Gasteiger partial charge < -0.3 is 4.57 Å². The SMILES string of the molecule is CC(=O)CC1CCCCN1CCn1ccnc1. The van der Waals surface area contributed by atoms with E-state index in [1.54, 1.807) is 6.92 Å². The van der Waals surface area contributed by atoms with E-state index >= 15 is 0 Å². The van der Waals surface area contributed by atoms with Crippen molar-refractivity contribution in [2.24, 2.45) is 0 Å². The van der Waals surface area contributed by atoms with Gasteiger partial charge in [0, 0.05) is 37.9 Å². The lowest BCUT2D eigenvalue weighted by molar-refractivity contribution is -0.118. The highest BCUT2D eigenvalue weighted by Crippen LogP contribution is 2.19. The van der Waals surface area contributed by atoms with Crippen molar-refractivity contribution >= 4 is 5.78 Å². The van der Waals surface area contributed by atoms with Crippen LogP contribution in [0.15, 0.2) is 18.7 Å². The maximum atomic E-state index is 11.2. The van der Waals surface area contributed by atoms with Crippen LogP contribution in [0, 0.1) is 0 Å². The van der Waals surface area contributed by atoms with E-state index in [1.165, 1.54) is 19.3 Å². The van der Waals surface area contributed by atoms with E-state index in [0.29, 0.717) is 18.2 Å². The fourth-order valence-corrected chi connectivity index (χ4v) is 2.58. The van der Waals surface area contributed by atoms with Gasteiger partial charge in [0.1, 0.15) is 5.78 Å². The molecule has 0 saturated carbocycles. The minimum atomic E-state index is 0.310. The molecular formula is C13H21N3O. The van der Waals surface area contributed by atoms with E-state index in [-0.39, 0.29) is 0 Å². The molecule has 1 atom stereocenters. The predicted molar refractivity (Wildman–Crippen MR) is 66.7 cm³/mol. The lowest BCUT2D eigenvalue weighted by atomic mass is 9.98. The second kappa shape index (κ2) is 5.96. The van der Waals surface area contributed by atoms with Crippen LogP contribution in [0.5, 0.6) is 0 Å². The van der Waals surface area contributed by atoms with Gasteiger partial charge in [-0.25, -0.2) is 4.98 Å². The van der Waals surface area contributed by atoms with E-state index < -0.39 is 0 Å². The van der Waals surface area contributed by atoms with Gasteiger partial charge in [-0.05, 0) is 26.3 Å². The maximum Gasteiger partial charge on any atom is 0.131 e. The van der Waals surface area contributed by atoms with Crippen LogP contribution in [0.1, 0.15) is 32.6 Å². The average molecular weight is 235 g/mol. The van der Waals surface area contributed by atoms with Gasteiger partial charge in [-0.2, -0.15) is 0 Å². The molecule has 0 amide bonds. The number of imidazole rings is 1. The van der Waals surface area contributed by atoms with E-state index in [1.807, 2.05) is 18.7 Å². The van der Waals surface area contributed by atoms with Crippen molar-refractivity contribution in [3.63, 3.8) is 0 Å². The molecule has 17 heavy (non-hydrogen) atoms. The second-order valence-electron chi connectivity index (χ2n) is 4.89. The molecule has 2 rings (SSSR count). The van der Waals surface area contributed by atoms with Gasteiger partial charge in [-0.3, -0.25) is 9.69 Å². The standard InChI is InChI=1S/C13H21N3O/c1-12(17)10-13-4-2-3-6-16(13)9-8-15-7-5-14-11-15/h5,7,11,13H,2-4,6,8-10H2,1H3. The van der Waals surface area contributed by atoms with Crippen molar-refractivity contribution < 1.29 is 4.79 Å². The third kappa shape index (κ3) is 3.66. The molecule has 1 aromatic rings. The van der Waals surface area contributed by atoms with Crippen molar-refractivity contribution in [2.75, 3.05) is 13.1 Å². The zero-order chi connectivity index (χ0) is 12.1. The van der Waals surface area contributed by atoms with Crippen LogP contribution >= 0.6 is 0 Å². The monoisotopic (exact) mass is 235 g/mol. The third-order valence-electron chi connectivity index (χ3n) is 3.48. The molecule has 0 bridgehead atoms. The van der Waals surface area contributed by atoms with Gasteiger partial charge in [0.25, 0.3) is 0 Å². The summed E-state index contributed by atoms with van der Waals surface area (Å²) in [5.74, 6) is 0.310. The molecule has 1 aliphatic heterocycles. The molecule has 1 aliphatic rings. The lowest BCUT2D eigenvalue weighted by Gasteiger charge is -2.35. The number of hydrogen-bond donors (Lipinski definition) is 0. The minimum absolute atomic E-state index is 0.310. The van der Waals surface area contributed by atoms with Crippen molar-refractivity contribution in [1.29, 1.82) is 0 Å². The van der Waals surface area contributed by atoms with Crippen molar-refractivity contribution in [1.82, 2.24) is 14.5 Å². The van der Waals surface area contributed by atoms with Crippen molar-refractivity contribution in [2.45, 2.75) is 45.2 Å². The zero-order valence-electron chi connectivity index (χ0n) is 10.5. The summed E-state index contributed by atoms with van der Waals surface area (Å²) in [5.41, 5.74) is 0. The Bertz CT molecular complexity index is 348. The normalized spacial score (nSPS) is 21.6. The number of likely N-dealkylation sites (tertiary alicyclic amines) is 1. The van der Waals surface area contributed by atoms with Crippen LogP contribution in [0.4, 0.5) is 0 Å². The van der Waals surface area contributed by atoms with Gasteiger partial charge in [-0.15, -0.1) is 0 Å². The van der Waals surface area contributed by atoms with Crippen LogP contribution in [0.2, 0.25) is 0 Å². The second-order valence-corrected chi connectivity index (χ2v) is 4.89. The molecule has 1 fully saturated rings. The van der Waals surface area contributed by atoms with Crippen molar-refractivity contribution in [3.8, 4) is 0 Å². The van der Waals surface area contributed by atoms with Gasteiger partial charge in [-0.1, -0.05) is 6.42 Å². The first-order valence-corrected chi connectivity index (χ1v) is 6.45. The Balaban J connectivity index is 1.85. The van der Waals surface area contributed by atoms with Gasteiger partial charge >= 0.3 is 0 Å². The molecule has 0 radical (unpaired) electrons. The predicted octanol–water partition coefficient (Wildman–Crippen LogP) is 1.72. The summed E-state index contributed by atoms with van der Waals surface area (Å²) in [5, 5.41) is 0. The van der Waals surface area contributed by atoms with Gasteiger partial charge in [0.2, 0.25) is 0 Å². The van der Waals surface area contributed by atoms with Crippen LogP contribution in [0.3, 0.4) is 0 Å². The summed E-state index contributed by atoms with van der Waals surface area (Å²) >= 11 is 0. The van der Waals surface area contributed by atoms with Crippen LogP contribution in [-0.4, -0.2) is 39.4 Å². The first-order chi connectivity index (χ1) is 8.25. The number of rotatable bonds is 5. The van der Waals surface area contributed by atoms with E-state index in [4.69, 9.17) is 0 Å². The topological polar surface area (TPSA) is 38.1 Å². The van der Waals surface area contributed by atoms with E-state index in [2.05, 4.69) is 14.5 Å². The smallest absolute Gasteiger partial charge is 0.131 e. The highest BCUT2D eigenvalue weighted by Gasteiger charge is 2.22. The number of ketones is 1. The Labute approximate surface area is 103 Å². The summed E-state index contributed by atoms with van der Waals surface area (Å²) in [6.07, 6.45) is 10.1. The molecule has 1 unspecified atom stereocenters. The Hall–Kier alpha value is -1.16. The summed E-state index contributed by atoms with van der Waals surface area (Å²) in [6, 6.07) is 0.463. The molecule has 0 spiro atoms. The number of carbonyl (C=O) groups excluding carboxylic acids is 1. The number of piperidine rings is 1. The Morgan fingerprint density at radius 3 is 3.00 bits per heavy atom. The lowest BCUT2D eigenvalue weighted by Crippen LogP contribution is -2.42. The van der Waals surface area contributed by atoms with Gasteiger partial charge in [0.05, 0.1) is 6.33 Å². The summed E-state index contributed by atoms with van der Waals surface area (Å²) in [6.45, 7) is 4.82. The molecule has 0 N–H and O–H groups in total. The maximum absolute atomic E-state index is 11.2. The number of hydrogen-bond acceptors (Lipinski definition) is 3. The Morgan fingerprint density at radius 1 is 1.41 bits per heavy atom. The van der Waals surface area contributed by atoms with E-state index in [0.717, 1.165) is 19.6 Å². The largest absolute Gasteiger partial charge is 0.336 e. The van der Waals surface area contributed by atoms with Crippen LogP contribution in [0.25, 0.3) is 0 Å². The fourth-order valence-electron chi connectivity index (χ4n) is 2.58. The van der Waals surface area contributed by atoms with Gasteiger partial charge in [0.15, 0.2) is 0 Å². The summed E-state index contributed by atoms with van der Waals surface area (Å²) in [7, 11) is 0. The van der Waals surface area contributed by atoms with Crippen LogP contribution < -0.4 is 0 Å². The van der Waals surface area contributed by atoms with E-state index in [9.17, 15) is 4.79 Å². The highest BCUT2D eigenvalue weighted by atomic mass is 16.1. The molecule has 4 heteroatoms. The molecular weight excluding hydrogens is 214 g/mol. The Kier molecular flexibility index (Phi) is 4.31. The number of aromatic nitrogens is 2. The summed E-state index contributed by atoms with van der Waals surface area (Å²) < 4.78 is 2.10. The first-order valence-electron chi connectivity index (χ1n) is 6.45. The molecule has 94 valence electrons. The average Bonchev–Trinajstić information content (AvgIpc) is 2.80. The summed E-state index contributed by atoms with van der Waals surface area (Å²) in [4.78, 5) is 17.8. The molecule has 1 aromatic heterocycles. The zero-order valence-corrected chi connectivity index (χ0v) is 10.5. The quantitative estimate of drug-likeness (QED) is 0.780. The minimum Gasteiger partial charge on any atom is -0.336 e. The number of Topliss-reactive ketones (excluding diaryl/α,β-unsaturated/α-hetero) is 1. The van der Waals surface area contributed by atoms with Crippen molar-refractivity contribution in [3.05, 3.63) is 18.7 Å². The highest BCUT2D eigenvalue weighted by molar-refractivity contribution is 5.76. The molecule has 4 nitrogen and oxygen atoms in total. The molecule has 1 saturated heterocycles. The number of nitrogens with zero attached hydrogens (tertiary/aromatic N) is 3. The molecule has 0 aliphatic carbocycles. The molecule has 2 heterocycles. The Morgan fingerprint density at radius 2 is 2.29 bits per heavy atom. The fraction of sp³-hybridized carbons (Fsp3) is 0.692. The molecule has 0 aromatic carbocycles. The first kappa shape index (κ1) is 12.3. The number of carbonyl (C=O) groups is 1. The third-order valence-corrected chi connectivity index (χ3v) is 3.48. The van der Waals surface area contributed by atoms with Crippen LogP contribution in [-0.2, 0) is 11.3 Å².